The maximum atomic E-state index is 12.3. The van der Waals surface area contributed by atoms with E-state index >= 15 is 0 Å². The van der Waals surface area contributed by atoms with Gasteiger partial charge in [-0.3, -0.25) is 9.59 Å². The Kier molecular flexibility index (Phi) is 4.81. The first-order valence-corrected chi connectivity index (χ1v) is 7.58. The second-order valence-electron chi connectivity index (χ2n) is 5.07. The molecule has 2 rings (SSSR count). The normalized spacial score (nSPS) is 20.5. The minimum absolute atomic E-state index is 0.00779. The molecule has 20 heavy (non-hydrogen) atoms. The van der Waals surface area contributed by atoms with Crippen LogP contribution < -0.4 is 0 Å². The Morgan fingerprint density at radius 3 is 2.80 bits per heavy atom. The second kappa shape index (κ2) is 6.39. The van der Waals surface area contributed by atoms with Gasteiger partial charge in [0.2, 0.25) is 5.91 Å². The standard InChI is InChI=1S/C15H18BrNO3/c1-2-17(7-6-14(18)19)15(20)13-9-12(13)10-4-3-5-11(16)8-10/h3-5,8,12-13H,2,6-7,9H2,1H3,(H,18,19). The molecule has 2 unspecified atom stereocenters. The number of benzene rings is 1. The van der Waals surface area contributed by atoms with Crippen molar-refractivity contribution in [2.75, 3.05) is 13.1 Å². The molecule has 0 radical (unpaired) electrons. The monoisotopic (exact) mass is 339 g/mol. The molecule has 1 aliphatic rings. The van der Waals surface area contributed by atoms with Crippen LogP contribution in [0.3, 0.4) is 0 Å². The third-order valence-electron chi connectivity index (χ3n) is 3.67. The first-order chi connectivity index (χ1) is 9.52. The van der Waals surface area contributed by atoms with Gasteiger partial charge in [-0.1, -0.05) is 28.1 Å². The summed E-state index contributed by atoms with van der Waals surface area (Å²) in [4.78, 5) is 24.6. The summed E-state index contributed by atoms with van der Waals surface area (Å²) in [6.45, 7) is 2.75. The van der Waals surface area contributed by atoms with E-state index in [-0.39, 0.29) is 24.2 Å². The van der Waals surface area contributed by atoms with Gasteiger partial charge in [-0.2, -0.15) is 0 Å². The Bertz CT molecular complexity index is 518. The molecule has 1 saturated carbocycles. The molecule has 0 spiro atoms. The molecular weight excluding hydrogens is 322 g/mol. The number of carbonyl (C=O) groups excluding carboxylic acids is 1. The van der Waals surface area contributed by atoms with Gasteiger partial charge in [0.1, 0.15) is 0 Å². The molecule has 1 aliphatic carbocycles. The second-order valence-corrected chi connectivity index (χ2v) is 5.98. The average molecular weight is 340 g/mol. The molecule has 1 aromatic carbocycles. The van der Waals surface area contributed by atoms with Crippen molar-refractivity contribution in [1.82, 2.24) is 4.90 Å². The van der Waals surface area contributed by atoms with Crippen LogP contribution in [0.2, 0.25) is 0 Å². The summed E-state index contributed by atoms with van der Waals surface area (Å²) in [5.74, 6) is -0.494. The third-order valence-corrected chi connectivity index (χ3v) is 4.17. The van der Waals surface area contributed by atoms with E-state index in [0.717, 1.165) is 10.9 Å². The molecule has 1 amide bonds. The van der Waals surface area contributed by atoms with Crippen molar-refractivity contribution in [1.29, 1.82) is 0 Å². The lowest BCUT2D eigenvalue weighted by molar-refractivity contribution is -0.138. The molecule has 0 saturated heterocycles. The minimum Gasteiger partial charge on any atom is -0.481 e. The molecule has 0 aromatic heterocycles. The van der Waals surface area contributed by atoms with Crippen molar-refractivity contribution in [3.63, 3.8) is 0 Å². The summed E-state index contributed by atoms with van der Waals surface area (Å²) in [7, 11) is 0. The van der Waals surface area contributed by atoms with Crippen molar-refractivity contribution in [3.05, 3.63) is 34.3 Å². The van der Waals surface area contributed by atoms with Gasteiger partial charge in [0.25, 0.3) is 0 Å². The predicted molar refractivity (Wildman–Crippen MR) is 79.5 cm³/mol. The lowest BCUT2D eigenvalue weighted by Crippen LogP contribution is -2.34. The Morgan fingerprint density at radius 2 is 2.20 bits per heavy atom. The summed E-state index contributed by atoms with van der Waals surface area (Å²) >= 11 is 3.44. The van der Waals surface area contributed by atoms with Crippen LogP contribution >= 0.6 is 15.9 Å². The van der Waals surface area contributed by atoms with Crippen LogP contribution in [-0.4, -0.2) is 35.0 Å². The van der Waals surface area contributed by atoms with Crippen molar-refractivity contribution in [3.8, 4) is 0 Å². The van der Waals surface area contributed by atoms with Crippen LogP contribution in [0.15, 0.2) is 28.7 Å². The zero-order valence-electron chi connectivity index (χ0n) is 11.4. The van der Waals surface area contributed by atoms with Crippen molar-refractivity contribution >= 4 is 27.8 Å². The first kappa shape index (κ1) is 15.0. The van der Waals surface area contributed by atoms with Crippen LogP contribution in [0.5, 0.6) is 0 Å². The molecule has 0 aliphatic heterocycles. The van der Waals surface area contributed by atoms with E-state index in [1.165, 1.54) is 5.56 Å². The quantitative estimate of drug-likeness (QED) is 0.866. The zero-order chi connectivity index (χ0) is 14.7. The van der Waals surface area contributed by atoms with Crippen LogP contribution in [-0.2, 0) is 9.59 Å². The maximum absolute atomic E-state index is 12.3. The maximum Gasteiger partial charge on any atom is 0.305 e. The van der Waals surface area contributed by atoms with Gasteiger partial charge in [-0.05, 0) is 37.0 Å². The molecule has 0 heterocycles. The lowest BCUT2D eigenvalue weighted by Gasteiger charge is -2.20. The summed E-state index contributed by atoms with van der Waals surface area (Å²) in [5.41, 5.74) is 1.17. The summed E-state index contributed by atoms with van der Waals surface area (Å²) in [5, 5.41) is 8.71. The largest absolute Gasteiger partial charge is 0.481 e. The molecule has 4 nitrogen and oxygen atoms in total. The molecule has 1 N–H and O–H groups in total. The Balaban J connectivity index is 1.96. The molecule has 0 bridgehead atoms. The number of carboxylic acids is 1. The number of carboxylic acid groups (broad SMARTS) is 1. The van der Waals surface area contributed by atoms with E-state index in [4.69, 9.17) is 5.11 Å². The highest BCUT2D eigenvalue weighted by molar-refractivity contribution is 9.10. The fraction of sp³-hybridized carbons (Fsp3) is 0.467. The summed E-state index contributed by atoms with van der Waals surface area (Å²) in [6.07, 6.45) is 0.868. The van der Waals surface area contributed by atoms with Gasteiger partial charge in [0.15, 0.2) is 0 Å². The number of hydrogen-bond acceptors (Lipinski definition) is 2. The van der Waals surface area contributed by atoms with Gasteiger partial charge in [0.05, 0.1) is 6.42 Å². The Hall–Kier alpha value is -1.36. The van der Waals surface area contributed by atoms with E-state index in [1.807, 2.05) is 31.2 Å². The number of rotatable bonds is 6. The number of carbonyl (C=O) groups is 2. The molecule has 1 fully saturated rings. The van der Waals surface area contributed by atoms with Crippen LogP contribution in [0.4, 0.5) is 0 Å². The molecule has 1 aromatic rings. The first-order valence-electron chi connectivity index (χ1n) is 6.79. The topological polar surface area (TPSA) is 57.6 Å². The van der Waals surface area contributed by atoms with Crippen molar-refractivity contribution in [2.45, 2.75) is 25.7 Å². The van der Waals surface area contributed by atoms with Gasteiger partial charge in [-0.15, -0.1) is 0 Å². The lowest BCUT2D eigenvalue weighted by atomic mass is 10.1. The predicted octanol–water partition coefficient (Wildman–Crippen LogP) is 2.88. The van der Waals surface area contributed by atoms with E-state index in [1.54, 1.807) is 4.90 Å². The average Bonchev–Trinajstić information content (AvgIpc) is 3.19. The zero-order valence-corrected chi connectivity index (χ0v) is 13.0. The van der Waals surface area contributed by atoms with Crippen LogP contribution in [0.1, 0.15) is 31.2 Å². The smallest absolute Gasteiger partial charge is 0.305 e. The summed E-state index contributed by atoms with van der Waals surface area (Å²) in [6, 6.07) is 8.02. The van der Waals surface area contributed by atoms with E-state index < -0.39 is 5.97 Å². The Morgan fingerprint density at radius 1 is 1.45 bits per heavy atom. The van der Waals surface area contributed by atoms with E-state index in [2.05, 4.69) is 15.9 Å². The van der Waals surface area contributed by atoms with Gasteiger partial charge in [-0.25, -0.2) is 0 Å². The number of hydrogen-bond donors (Lipinski definition) is 1. The highest BCUT2D eigenvalue weighted by atomic mass is 79.9. The molecule has 2 atom stereocenters. The molecule has 108 valence electrons. The number of halogens is 1. The van der Waals surface area contributed by atoms with E-state index in [0.29, 0.717) is 13.1 Å². The Labute approximate surface area is 126 Å². The van der Waals surface area contributed by atoms with Gasteiger partial charge in [0, 0.05) is 23.5 Å². The van der Waals surface area contributed by atoms with E-state index in [9.17, 15) is 9.59 Å². The fourth-order valence-corrected chi connectivity index (χ4v) is 2.88. The van der Waals surface area contributed by atoms with Gasteiger partial charge < -0.3 is 10.0 Å². The fourth-order valence-electron chi connectivity index (χ4n) is 2.46. The number of nitrogens with zero attached hydrogens (tertiary/aromatic N) is 1. The third kappa shape index (κ3) is 3.60. The van der Waals surface area contributed by atoms with Crippen molar-refractivity contribution < 1.29 is 14.7 Å². The van der Waals surface area contributed by atoms with Crippen molar-refractivity contribution in [2.24, 2.45) is 5.92 Å². The highest BCUT2D eigenvalue weighted by Gasteiger charge is 2.45. The number of amides is 1. The summed E-state index contributed by atoms with van der Waals surface area (Å²) < 4.78 is 1.02. The minimum atomic E-state index is -0.865. The van der Waals surface area contributed by atoms with Crippen LogP contribution in [0.25, 0.3) is 0 Å². The highest BCUT2D eigenvalue weighted by Crippen LogP contribution is 2.48. The van der Waals surface area contributed by atoms with Crippen LogP contribution in [0, 0.1) is 5.92 Å². The van der Waals surface area contributed by atoms with Gasteiger partial charge >= 0.3 is 5.97 Å². The molecular formula is C15H18BrNO3. The molecule has 5 heteroatoms. The number of aliphatic carboxylic acids is 1. The SMILES string of the molecule is CCN(CCC(=O)O)C(=O)C1CC1c1cccc(Br)c1.